The van der Waals surface area contributed by atoms with Gasteiger partial charge in [-0.25, -0.2) is 13.4 Å². The summed E-state index contributed by atoms with van der Waals surface area (Å²) in [6, 6.07) is 12.7. The van der Waals surface area contributed by atoms with Crippen LogP contribution in [0.1, 0.15) is 12.5 Å². The molecule has 2 aromatic heterocycles. The lowest BCUT2D eigenvalue weighted by atomic mass is 10.2. The second kappa shape index (κ2) is 9.20. The number of thiophene rings is 1. The van der Waals surface area contributed by atoms with E-state index in [1.807, 2.05) is 6.07 Å². The Balaban J connectivity index is 1.40. The maximum atomic E-state index is 12.4. The van der Waals surface area contributed by atoms with Crippen LogP contribution in [0.2, 0.25) is 0 Å². The lowest BCUT2D eigenvalue weighted by Crippen LogP contribution is -2.28. The first-order chi connectivity index (χ1) is 15.6. The molecule has 1 fully saturated rings. The average molecular weight is 499 g/mol. The van der Waals surface area contributed by atoms with Crippen LogP contribution in [0.3, 0.4) is 0 Å². The SMILES string of the molecule is CC1CN(c2ccc(OC(F)(F)F)cc2)CN1Cc1ccnc(NS(=O)(=O)c2cccs2)c1. The molecule has 0 spiro atoms. The Kier molecular flexibility index (Phi) is 6.50. The first-order valence-corrected chi connectivity index (χ1v) is 12.3. The normalized spacial score (nSPS) is 17.3. The fourth-order valence-corrected chi connectivity index (χ4v) is 5.56. The molecule has 1 aromatic carbocycles. The second-order valence-corrected chi connectivity index (χ2v) is 10.4. The molecule has 0 aliphatic carbocycles. The second-order valence-electron chi connectivity index (χ2n) is 7.59. The summed E-state index contributed by atoms with van der Waals surface area (Å²) >= 11 is 1.13. The van der Waals surface area contributed by atoms with E-state index in [0.29, 0.717) is 19.8 Å². The van der Waals surface area contributed by atoms with E-state index in [1.165, 1.54) is 18.2 Å². The Bertz CT molecular complexity index is 1190. The molecule has 12 heteroatoms. The average Bonchev–Trinajstić information content (AvgIpc) is 3.39. The van der Waals surface area contributed by atoms with Crippen LogP contribution in [0.25, 0.3) is 0 Å². The Morgan fingerprint density at radius 1 is 1.21 bits per heavy atom. The van der Waals surface area contributed by atoms with Crippen molar-refractivity contribution in [3.8, 4) is 5.75 Å². The molecule has 3 heterocycles. The van der Waals surface area contributed by atoms with Crippen LogP contribution >= 0.6 is 11.3 Å². The standard InChI is InChI=1S/C21H21F3N4O3S2/c1-15-12-28(17-4-6-18(7-5-17)31-21(22,23)24)14-27(15)13-16-8-9-25-19(11-16)26-33(29,30)20-3-2-10-32-20/h2-11,15H,12-14H2,1H3,(H,25,26). The predicted molar refractivity (Wildman–Crippen MR) is 120 cm³/mol. The molecule has 0 amide bonds. The molecule has 176 valence electrons. The zero-order valence-corrected chi connectivity index (χ0v) is 19.1. The highest BCUT2D eigenvalue weighted by atomic mass is 32.2. The summed E-state index contributed by atoms with van der Waals surface area (Å²) in [7, 11) is -3.68. The van der Waals surface area contributed by atoms with Gasteiger partial charge < -0.3 is 9.64 Å². The number of rotatable bonds is 7. The van der Waals surface area contributed by atoms with Crippen LogP contribution in [0.5, 0.6) is 5.75 Å². The number of hydrogen-bond donors (Lipinski definition) is 1. The fourth-order valence-electron chi connectivity index (χ4n) is 3.57. The predicted octanol–water partition coefficient (Wildman–Crippen LogP) is 4.51. The quantitative estimate of drug-likeness (QED) is 0.517. The Hall–Kier alpha value is -2.83. The molecule has 1 aliphatic heterocycles. The van der Waals surface area contributed by atoms with Crippen molar-refractivity contribution in [2.45, 2.75) is 30.1 Å². The largest absolute Gasteiger partial charge is 0.573 e. The molecular formula is C21H21F3N4O3S2. The minimum absolute atomic E-state index is 0.176. The highest BCUT2D eigenvalue weighted by Crippen LogP contribution is 2.28. The molecule has 1 unspecified atom stereocenters. The third-order valence-corrected chi connectivity index (χ3v) is 7.86. The van der Waals surface area contributed by atoms with E-state index in [-0.39, 0.29) is 21.8 Å². The Morgan fingerprint density at radius 3 is 2.64 bits per heavy atom. The number of sulfonamides is 1. The topological polar surface area (TPSA) is 74.8 Å². The van der Waals surface area contributed by atoms with Crippen molar-refractivity contribution in [3.05, 3.63) is 65.7 Å². The molecule has 1 N–H and O–H groups in total. The number of pyridine rings is 1. The Labute approximate surface area is 193 Å². The van der Waals surface area contributed by atoms with Gasteiger partial charge in [-0.05, 0) is 60.3 Å². The van der Waals surface area contributed by atoms with Crippen LogP contribution in [-0.2, 0) is 16.6 Å². The van der Waals surface area contributed by atoms with Crippen molar-refractivity contribution in [1.29, 1.82) is 0 Å². The minimum Gasteiger partial charge on any atom is -0.406 e. The number of aromatic nitrogens is 1. The molecule has 4 rings (SSSR count). The summed E-state index contributed by atoms with van der Waals surface area (Å²) in [5, 5.41) is 1.69. The first-order valence-electron chi connectivity index (χ1n) is 9.95. The van der Waals surface area contributed by atoms with E-state index >= 15 is 0 Å². The summed E-state index contributed by atoms with van der Waals surface area (Å²) < 4.78 is 68.6. The van der Waals surface area contributed by atoms with Crippen LogP contribution in [0.4, 0.5) is 24.7 Å². The maximum Gasteiger partial charge on any atom is 0.573 e. The van der Waals surface area contributed by atoms with Crippen molar-refractivity contribution in [3.63, 3.8) is 0 Å². The van der Waals surface area contributed by atoms with Gasteiger partial charge in [0.25, 0.3) is 10.0 Å². The van der Waals surface area contributed by atoms with Crippen molar-refractivity contribution in [2.75, 3.05) is 22.8 Å². The maximum absolute atomic E-state index is 12.4. The van der Waals surface area contributed by atoms with E-state index in [4.69, 9.17) is 0 Å². The lowest BCUT2D eigenvalue weighted by Gasteiger charge is -2.21. The number of halogens is 3. The number of anilines is 2. The highest BCUT2D eigenvalue weighted by Gasteiger charge is 2.31. The molecule has 0 radical (unpaired) electrons. The van der Waals surface area contributed by atoms with Gasteiger partial charge in [0.15, 0.2) is 0 Å². The van der Waals surface area contributed by atoms with Gasteiger partial charge in [0, 0.05) is 31.0 Å². The molecule has 1 aliphatic rings. The van der Waals surface area contributed by atoms with Gasteiger partial charge in [-0.15, -0.1) is 24.5 Å². The van der Waals surface area contributed by atoms with Gasteiger partial charge >= 0.3 is 6.36 Å². The summed E-state index contributed by atoms with van der Waals surface area (Å²) in [6.07, 6.45) is -3.17. The molecule has 0 saturated carbocycles. The van der Waals surface area contributed by atoms with Crippen LogP contribution in [0, 0.1) is 0 Å². The van der Waals surface area contributed by atoms with Gasteiger partial charge in [-0.3, -0.25) is 9.62 Å². The number of alkyl halides is 3. The van der Waals surface area contributed by atoms with E-state index in [2.05, 4.69) is 31.2 Å². The van der Waals surface area contributed by atoms with Gasteiger partial charge in [0.1, 0.15) is 15.8 Å². The first kappa shape index (κ1) is 23.3. The number of ether oxygens (including phenoxy) is 1. The molecular weight excluding hydrogens is 477 g/mol. The van der Waals surface area contributed by atoms with E-state index < -0.39 is 16.4 Å². The zero-order chi connectivity index (χ0) is 23.6. The molecule has 33 heavy (non-hydrogen) atoms. The van der Waals surface area contributed by atoms with Crippen molar-refractivity contribution in [2.24, 2.45) is 0 Å². The summed E-state index contributed by atoms with van der Waals surface area (Å²) in [4.78, 5) is 8.36. The molecule has 3 aromatic rings. The number of nitrogens with one attached hydrogen (secondary N) is 1. The van der Waals surface area contributed by atoms with Gasteiger partial charge in [0.05, 0.1) is 6.67 Å². The van der Waals surface area contributed by atoms with Gasteiger partial charge in [0.2, 0.25) is 0 Å². The number of benzene rings is 1. The van der Waals surface area contributed by atoms with Crippen LogP contribution in [-0.4, -0.2) is 43.9 Å². The summed E-state index contributed by atoms with van der Waals surface area (Å²) in [6.45, 7) is 3.88. The van der Waals surface area contributed by atoms with Crippen LogP contribution in [0.15, 0.2) is 64.3 Å². The number of hydrogen-bond acceptors (Lipinski definition) is 7. The Morgan fingerprint density at radius 2 is 1.97 bits per heavy atom. The van der Waals surface area contributed by atoms with Crippen molar-refractivity contribution in [1.82, 2.24) is 9.88 Å². The van der Waals surface area contributed by atoms with Crippen molar-refractivity contribution < 1.29 is 26.3 Å². The highest BCUT2D eigenvalue weighted by molar-refractivity contribution is 7.94. The van der Waals surface area contributed by atoms with E-state index in [0.717, 1.165) is 22.6 Å². The molecule has 0 bridgehead atoms. The zero-order valence-electron chi connectivity index (χ0n) is 17.5. The van der Waals surface area contributed by atoms with E-state index in [9.17, 15) is 21.6 Å². The van der Waals surface area contributed by atoms with Gasteiger partial charge in [-0.2, -0.15) is 0 Å². The van der Waals surface area contributed by atoms with Gasteiger partial charge in [-0.1, -0.05) is 6.07 Å². The molecule has 1 atom stereocenters. The third-order valence-electron chi connectivity index (χ3n) is 5.10. The summed E-state index contributed by atoms with van der Waals surface area (Å²) in [5.41, 5.74) is 1.68. The van der Waals surface area contributed by atoms with Crippen LogP contribution < -0.4 is 14.4 Å². The molecule has 7 nitrogen and oxygen atoms in total. The lowest BCUT2D eigenvalue weighted by molar-refractivity contribution is -0.274. The fraction of sp³-hybridized carbons (Fsp3) is 0.286. The smallest absolute Gasteiger partial charge is 0.406 e. The van der Waals surface area contributed by atoms with Crippen molar-refractivity contribution >= 4 is 32.9 Å². The van der Waals surface area contributed by atoms with E-state index in [1.54, 1.807) is 35.8 Å². The number of nitrogens with zero attached hydrogens (tertiary/aromatic N) is 3. The minimum atomic E-state index is -4.72. The summed E-state index contributed by atoms with van der Waals surface area (Å²) in [5.74, 6) is -0.0190. The third kappa shape index (κ3) is 5.95. The monoisotopic (exact) mass is 498 g/mol. The molecule has 1 saturated heterocycles.